The van der Waals surface area contributed by atoms with Crippen LogP contribution in [0.4, 0.5) is 4.39 Å². The van der Waals surface area contributed by atoms with Gasteiger partial charge in [-0.05, 0) is 32.6 Å². The second-order valence-electron chi connectivity index (χ2n) is 5.79. The Morgan fingerprint density at radius 3 is 2.42 bits per heavy atom. The predicted molar refractivity (Wildman–Crippen MR) is 82.9 cm³/mol. The lowest BCUT2D eigenvalue weighted by Gasteiger charge is -2.28. The monoisotopic (exact) mass is 331 g/mol. The second kappa shape index (κ2) is 7.29. The topological polar surface area (TPSA) is 89.9 Å². The smallest absolute Gasteiger partial charge is 0.316 e. The average molecular weight is 331 g/mol. The molecule has 0 atom stereocenters. The van der Waals surface area contributed by atoms with Gasteiger partial charge in [0.1, 0.15) is 11.8 Å². The number of amides is 1. The number of hydrogen-bond acceptors (Lipinski definition) is 6. The zero-order valence-electron chi connectivity index (χ0n) is 13.3. The Balaban J connectivity index is 1.47. The molecule has 1 aliphatic rings. The summed E-state index contributed by atoms with van der Waals surface area (Å²) in [7, 11) is 0. The van der Waals surface area contributed by atoms with Crippen LogP contribution in [0.1, 0.15) is 41.9 Å². The van der Waals surface area contributed by atoms with Crippen LogP contribution in [-0.2, 0) is 0 Å². The summed E-state index contributed by atoms with van der Waals surface area (Å²) in [4.78, 5) is 27.9. The van der Waals surface area contributed by atoms with E-state index in [0.29, 0.717) is 5.69 Å². The van der Waals surface area contributed by atoms with E-state index in [9.17, 15) is 9.18 Å². The van der Waals surface area contributed by atoms with Gasteiger partial charge in [-0.15, -0.1) is 0 Å². The van der Waals surface area contributed by atoms with E-state index in [1.165, 1.54) is 6.20 Å². The Morgan fingerprint density at radius 2 is 1.79 bits per heavy atom. The van der Waals surface area contributed by atoms with Crippen LogP contribution < -0.4 is 10.1 Å². The summed E-state index contributed by atoms with van der Waals surface area (Å²) < 4.78 is 18.4. The molecule has 3 rings (SSSR count). The lowest BCUT2D eigenvalue weighted by atomic mass is 9.93. The maximum atomic E-state index is 12.8. The normalized spacial score (nSPS) is 20.4. The van der Waals surface area contributed by atoms with Crippen LogP contribution >= 0.6 is 0 Å². The molecule has 1 fully saturated rings. The van der Waals surface area contributed by atoms with Gasteiger partial charge in [-0.1, -0.05) is 0 Å². The minimum Gasteiger partial charge on any atom is -0.460 e. The molecular weight excluding hydrogens is 313 g/mol. The largest absolute Gasteiger partial charge is 0.460 e. The van der Waals surface area contributed by atoms with E-state index < -0.39 is 5.82 Å². The van der Waals surface area contributed by atoms with Crippen molar-refractivity contribution in [1.82, 2.24) is 25.3 Å². The molecule has 7 nitrogen and oxygen atoms in total. The first-order valence-corrected chi connectivity index (χ1v) is 7.84. The number of nitrogens with zero attached hydrogens (tertiary/aromatic N) is 4. The summed E-state index contributed by atoms with van der Waals surface area (Å²) in [6, 6.07) is 0.258. The van der Waals surface area contributed by atoms with Crippen molar-refractivity contribution >= 4 is 5.91 Å². The summed E-state index contributed by atoms with van der Waals surface area (Å²) in [6.07, 6.45) is 8.30. The Morgan fingerprint density at radius 1 is 1.08 bits per heavy atom. The van der Waals surface area contributed by atoms with E-state index in [0.717, 1.165) is 43.8 Å². The lowest BCUT2D eigenvalue weighted by molar-refractivity contribution is 0.0880. The third-order valence-electron chi connectivity index (χ3n) is 3.89. The number of carbonyl (C=O) groups is 1. The van der Waals surface area contributed by atoms with Crippen molar-refractivity contribution in [2.75, 3.05) is 0 Å². The number of carbonyl (C=O) groups excluding carboxylic acids is 1. The molecule has 0 unspecified atom stereocenters. The van der Waals surface area contributed by atoms with E-state index in [4.69, 9.17) is 4.74 Å². The second-order valence-corrected chi connectivity index (χ2v) is 5.79. The minimum atomic E-state index is -0.493. The molecule has 1 N–H and O–H groups in total. The van der Waals surface area contributed by atoms with E-state index in [1.54, 1.807) is 6.20 Å². The van der Waals surface area contributed by atoms with Crippen LogP contribution in [0.2, 0.25) is 0 Å². The summed E-state index contributed by atoms with van der Waals surface area (Å²) in [5.74, 6) is -0.707. The zero-order chi connectivity index (χ0) is 16.9. The number of nitrogens with one attached hydrogen (secondary N) is 1. The molecular formula is C16H18FN5O2. The number of rotatable bonds is 4. The molecule has 0 spiro atoms. The van der Waals surface area contributed by atoms with Gasteiger partial charge in [0.15, 0.2) is 5.82 Å². The number of halogens is 1. The lowest BCUT2D eigenvalue weighted by Crippen LogP contribution is -2.40. The SMILES string of the molecule is Cc1cnc(C(=O)NC2CCC(Oc3ncc(F)cn3)CC2)cn1. The van der Waals surface area contributed by atoms with Crippen LogP contribution in [0.3, 0.4) is 0 Å². The number of aromatic nitrogens is 4. The standard InChI is InChI=1S/C16H18FN5O2/c1-10-6-19-14(9-18-10)15(23)22-12-2-4-13(5-3-12)24-16-20-7-11(17)8-21-16/h6-9,12-13H,2-5H2,1H3,(H,22,23). The molecule has 0 aliphatic heterocycles. The quantitative estimate of drug-likeness (QED) is 0.919. The van der Waals surface area contributed by atoms with Crippen LogP contribution in [0.25, 0.3) is 0 Å². The molecule has 0 saturated heterocycles. The average Bonchev–Trinajstić information content (AvgIpc) is 2.59. The molecule has 1 amide bonds. The molecule has 1 saturated carbocycles. The highest BCUT2D eigenvalue weighted by atomic mass is 19.1. The molecule has 1 aliphatic carbocycles. The van der Waals surface area contributed by atoms with Crippen LogP contribution in [-0.4, -0.2) is 38.0 Å². The van der Waals surface area contributed by atoms with Crippen LogP contribution in [0.15, 0.2) is 24.8 Å². The Labute approximate surface area is 138 Å². The van der Waals surface area contributed by atoms with E-state index >= 15 is 0 Å². The number of aryl methyl sites for hydroxylation is 1. The van der Waals surface area contributed by atoms with Crippen molar-refractivity contribution in [2.24, 2.45) is 0 Å². The fourth-order valence-electron chi connectivity index (χ4n) is 2.60. The molecule has 126 valence electrons. The van der Waals surface area contributed by atoms with Gasteiger partial charge in [0, 0.05) is 12.2 Å². The highest BCUT2D eigenvalue weighted by Crippen LogP contribution is 2.22. The first-order chi connectivity index (χ1) is 11.6. The third kappa shape index (κ3) is 4.21. The fourth-order valence-corrected chi connectivity index (χ4v) is 2.60. The van der Waals surface area contributed by atoms with Crippen molar-refractivity contribution in [3.63, 3.8) is 0 Å². The van der Waals surface area contributed by atoms with Crippen molar-refractivity contribution < 1.29 is 13.9 Å². The molecule has 2 aromatic heterocycles. The van der Waals surface area contributed by atoms with Gasteiger partial charge in [0.2, 0.25) is 0 Å². The summed E-state index contributed by atoms with van der Waals surface area (Å²) in [5.41, 5.74) is 1.09. The Bertz CT molecular complexity index is 685. The zero-order valence-corrected chi connectivity index (χ0v) is 13.3. The fraction of sp³-hybridized carbons (Fsp3) is 0.438. The molecule has 24 heavy (non-hydrogen) atoms. The minimum absolute atomic E-state index is 0.0252. The third-order valence-corrected chi connectivity index (χ3v) is 3.89. The van der Waals surface area contributed by atoms with Crippen molar-refractivity contribution in [3.8, 4) is 6.01 Å². The molecule has 2 heterocycles. The van der Waals surface area contributed by atoms with Gasteiger partial charge in [-0.2, -0.15) is 0 Å². The van der Waals surface area contributed by atoms with Gasteiger partial charge >= 0.3 is 6.01 Å². The van der Waals surface area contributed by atoms with E-state index in [2.05, 4.69) is 25.3 Å². The Kier molecular flexibility index (Phi) is 4.93. The van der Waals surface area contributed by atoms with Crippen LogP contribution in [0, 0.1) is 12.7 Å². The molecule has 0 bridgehead atoms. The summed E-state index contributed by atoms with van der Waals surface area (Å²) >= 11 is 0. The van der Waals surface area contributed by atoms with Gasteiger partial charge in [-0.3, -0.25) is 9.78 Å². The highest BCUT2D eigenvalue weighted by Gasteiger charge is 2.24. The first-order valence-electron chi connectivity index (χ1n) is 7.84. The molecule has 2 aromatic rings. The molecule has 8 heteroatoms. The van der Waals surface area contributed by atoms with Crippen molar-refractivity contribution in [2.45, 2.75) is 44.8 Å². The Hall–Kier alpha value is -2.64. The van der Waals surface area contributed by atoms with Gasteiger partial charge in [0.05, 0.1) is 24.3 Å². The molecule has 0 aromatic carbocycles. The number of hydrogen-bond donors (Lipinski definition) is 1. The summed E-state index contributed by atoms with van der Waals surface area (Å²) in [5, 5.41) is 2.97. The predicted octanol–water partition coefficient (Wildman–Crippen LogP) is 1.83. The highest BCUT2D eigenvalue weighted by molar-refractivity contribution is 5.92. The van der Waals surface area contributed by atoms with Gasteiger partial charge in [-0.25, -0.2) is 19.3 Å². The number of ether oxygens (including phenoxy) is 1. The first kappa shape index (κ1) is 16.2. The van der Waals surface area contributed by atoms with E-state index in [1.807, 2.05) is 6.92 Å². The van der Waals surface area contributed by atoms with Gasteiger partial charge < -0.3 is 10.1 Å². The maximum Gasteiger partial charge on any atom is 0.316 e. The van der Waals surface area contributed by atoms with Crippen molar-refractivity contribution in [3.05, 3.63) is 42.0 Å². The summed E-state index contributed by atoms with van der Waals surface area (Å²) in [6.45, 7) is 1.82. The van der Waals surface area contributed by atoms with Gasteiger partial charge in [0.25, 0.3) is 5.91 Å². The van der Waals surface area contributed by atoms with Crippen LogP contribution in [0.5, 0.6) is 6.01 Å². The molecule has 0 radical (unpaired) electrons. The maximum absolute atomic E-state index is 12.8. The van der Waals surface area contributed by atoms with E-state index in [-0.39, 0.29) is 24.1 Å². The van der Waals surface area contributed by atoms with Crippen molar-refractivity contribution in [1.29, 1.82) is 0 Å².